The molecule has 1 N–H and O–H groups in total. The van der Waals surface area contributed by atoms with E-state index in [9.17, 15) is 14.0 Å². The van der Waals surface area contributed by atoms with Gasteiger partial charge in [-0.05, 0) is 54.1 Å². The van der Waals surface area contributed by atoms with Gasteiger partial charge in [-0.15, -0.1) is 0 Å². The number of nitrogens with zero attached hydrogens (tertiary/aromatic N) is 2. The number of hydrogen-bond donors (Lipinski definition) is 1. The van der Waals surface area contributed by atoms with Crippen LogP contribution in [-0.2, 0) is 16.1 Å². The second-order valence-corrected chi connectivity index (χ2v) is 8.54. The van der Waals surface area contributed by atoms with Crippen LogP contribution in [-0.4, -0.2) is 34.2 Å². The maximum Gasteiger partial charge on any atom is 0.242 e. The predicted molar refractivity (Wildman–Crippen MR) is 128 cm³/mol. The van der Waals surface area contributed by atoms with Crippen molar-refractivity contribution in [1.82, 2.24) is 4.90 Å². The van der Waals surface area contributed by atoms with Crippen molar-refractivity contribution in [2.45, 2.75) is 18.2 Å². The predicted octanol–water partition coefficient (Wildman–Crippen LogP) is 4.99. The molecule has 1 atom stereocenters. The van der Waals surface area contributed by atoms with Gasteiger partial charge in [-0.2, -0.15) is 0 Å². The van der Waals surface area contributed by atoms with Crippen molar-refractivity contribution >= 4 is 40.1 Å². The number of nitrogens with one attached hydrogen (secondary N) is 1. The van der Waals surface area contributed by atoms with Gasteiger partial charge in [0.2, 0.25) is 11.8 Å². The van der Waals surface area contributed by atoms with Gasteiger partial charge in [0.25, 0.3) is 0 Å². The highest BCUT2D eigenvalue weighted by Crippen LogP contribution is 2.33. The molecule has 0 bridgehead atoms. The first-order valence-electron chi connectivity index (χ1n) is 10.3. The van der Waals surface area contributed by atoms with E-state index in [4.69, 9.17) is 4.74 Å². The Hall–Kier alpha value is -3.65. The van der Waals surface area contributed by atoms with Crippen molar-refractivity contribution in [2.75, 3.05) is 12.4 Å². The summed E-state index contributed by atoms with van der Waals surface area (Å²) in [6.45, 7) is 0.337. The SMILES string of the molecule is COc1ccc(NC(=O)C[C@@H]2SC(=Nc3ccc(F)cc3)N(Cc3ccccc3)C2=O)cc1. The fraction of sp³-hybridized carbons (Fsp3) is 0.160. The van der Waals surface area contributed by atoms with Crippen LogP contribution in [0.4, 0.5) is 15.8 Å². The Bertz CT molecular complexity index is 1150. The largest absolute Gasteiger partial charge is 0.497 e. The average Bonchev–Trinajstić information content (AvgIpc) is 3.10. The minimum Gasteiger partial charge on any atom is -0.497 e. The molecule has 0 aliphatic carbocycles. The van der Waals surface area contributed by atoms with Gasteiger partial charge >= 0.3 is 0 Å². The molecule has 3 aromatic carbocycles. The number of aliphatic imine (C=N–C) groups is 1. The summed E-state index contributed by atoms with van der Waals surface area (Å²) in [5, 5.41) is 2.69. The number of halogens is 1. The van der Waals surface area contributed by atoms with Crippen LogP contribution in [0.5, 0.6) is 5.75 Å². The van der Waals surface area contributed by atoms with E-state index in [1.54, 1.807) is 48.4 Å². The summed E-state index contributed by atoms with van der Waals surface area (Å²) in [7, 11) is 1.57. The Kier molecular flexibility index (Phi) is 7.04. The van der Waals surface area contributed by atoms with E-state index in [-0.39, 0.29) is 24.1 Å². The Morgan fingerprint density at radius 3 is 2.42 bits per heavy atom. The summed E-state index contributed by atoms with van der Waals surface area (Å²) in [5.41, 5.74) is 2.10. The third kappa shape index (κ3) is 5.78. The molecule has 1 aliphatic rings. The lowest BCUT2D eigenvalue weighted by Crippen LogP contribution is -2.33. The first kappa shape index (κ1) is 22.5. The third-order valence-corrected chi connectivity index (χ3v) is 6.17. The smallest absolute Gasteiger partial charge is 0.242 e. The zero-order valence-electron chi connectivity index (χ0n) is 17.9. The van der Waals surface area contributed by atoms with Crippen molar-refractivity contribution < 1.29 is 18.7 Å². The van der Waals surface area contributed by atoms with Gasteiger partial charge in [-0.3, -0.25) is 14.5 Å². The molecule has 1 saturated heterocycles. The van der Waals surface area contributed by atoms with Crippen LogP contribution in [0.2, 0.25) is 0 Å². The summed E-state index contributed by atoms with van der Waals surface area (Å²) in [4.78, 5) is 32.0. The Morgan fingerprint density at radius 2 is 1.76 bits per heavy atom. The number of hydrogen-bond acceptors (Lipinski definition) is 5. The molecule has 0 spiro atoms. The number of amidine groups is 1. The van der Waals surface area contributed by atoms with Crippen LogP contribution in [0, 0.1) is 5.82 Å². The molecule has 1 heterocycles. The number of rotatable bonds is 7. The molecule has 4 rings (SSSR count). The van der Waals surface area contributed by atoms with Crippen LogP contribution in [0.3, 0.4) is 0 Å². The number of amides is 2. The summed E-state index contributed by atoms with van der Waals surface area (Å²) >= 11 is 1.24. The van der Waals surface area contributed by atoms with E-state index < -0.39 is 5.25 Å². The molecule has 2 amide bonds. The number of anilines is 1. The summed E-state index contributed by atoms with van der Waals surface area (Å²) in [6, 6.07) is 22.3. The van der Waals surface area contributed by atoms with Crippen LogP contribution in [0.25, 0.3) is 0 Å². The molecule has 33 heavy (non-hydrogen) atoms. The Balaban J connectivity index is 1.51. The molecular weight excluding hydrogens is 441 g/mol. The van der Waals surface area contributed by atoms with Crippen molar-refractivity contribution in [3.05, 3.63) is 90.2 Å². The molecule has 0 saturated carbocycles. The van der Waals surface area contributed by atoms with E-state index in [2.05, 4.69) is 10.3 Å². The van der Waals surface area contributed by atoms with E-state index in [0.29, 0.717) is 28.8 Å². The molecule has 1 aliphatic heterocycles. The number of methoxy groups -OCH3 is 1. The monoisotopic (exact) mass is 463 g/mol. The van der Waals surface area contributed by atoms with E-state index in [1.807, 2.05) is 30.3 Å². The summed E-state index contributed by atoms with van der Waals surface area (Å²) in [5.74, 6) is -0.126. The summed E-state index contributed by atoms with van der Waals surface area (Å²) < 4.78 is 18.4. The summed E-state index contributed by atoms with van der Waals surface area (Å²) in [6.07, 6.45) is 0.00323. The highest BCUT2D eigenvalue weighted by molar-refractivity contribution is 8.15. The minimum atomic E-state index is -0.605. The van der Waals surface area contributed by atoms with Crippen LogP contribution >= 0.6 is 11.8 Å². The van der Waals surface area contributed by atoms with Gasteiger partial charge in [0.1, 0.15) is 16.8 Å². The molecule has 3 aromatic rings. The highest BCUT2D eigenvalue weighted by atomic mass is 32.2. The zero-order chi connectivity index (χ0) is 23.2. The van der Waals surface area contributed by atoms with Crippen LogP contribution in [0.15, 0.2) is 83.9 Å². The maximum atomic E-state index is 13.3. The molecule has 0 aromatic heterocycles. The number of benzene rings is 3. The lowest BCUT2D eigenvalue weighted by Gasteiger charge is -2.16. The fourth-order valence-electron chi connectivity index (χ4n) is 3.32. The minimum absolute atomic E-state index is 0.00323. The topological polar surface area (TPSA) is 71.0 Å². The lowest BCUT2D eigenvalue weighted by molar-refractivity contribution is -0.128. The maximum absolute atomic E-state index is 13.3. The normalized spacial score (nSPS) is 16.8. The van der Waals surface area contributed by atoms with Gasteiger partial charge < -0.3 is 10.1 Å². The molecule has 8 heteroatoms. The molecule has 168 valence electrons. The van der Waals surface area contributed by atoms with Crippen molar-refractivity contribution in [1.29, 1.82) is 0 Å². The van der Waals surface area contributed by atoms with Gasteiger partial charge in [-0.1, -0.05) is 42.1 Å². The lowest BCUT2D eigenvalue weighted by atomic mass is 10.2. The second kappa shape index (κ2) is 10.3. The second-order valence-electron chi connectivity index (χ2n) is 7.37. The van der Waals surface area contributed by atoms with Gasteiger partial charge in [-0.25, -0.2) is 9.38 Å². The Labute approximate surface area is 195 Å². The standard InChI is InChI=1S/C25H22FN3O3S/c1-32-21-13-11-19(12-14-21)27-23(30)15-22-24(31)29(16-17-5-3-2-4-6-17)25(33-22)28-20-9-7-18(26)8-10-20/h2-14,22H,15-16H2,1H3,(H,27,30)/t22-/m0/s1. The van der Waals surface area contributed by atoms with E-state index in [1.165, 1.54) is 23.9 Å². The van der Waals surface area contributed by atoms with Gasteiger partial charge in [0.15, 0.2) is 5.17 Å². The molecule has 0 unspecified atom stereocenters. The van der Waals surface area contributed by atoms with Gasteiger partial charge in [0.05, 0.1) is 19.3 Å². The van der Waals surface area contributed by atoms with Crippen molar-refractivity contribution in [3.8, 4) is 5.75 Å². The van der Waals surface area contributed by atoms with Gasteiger partial charge in [0, 0.05) is 12.1 Å². The van der Waals surface area contributed by atoms with Crippen molar-refractivity contribution in [2.24, 2.45) is 4.99 Å². The molecular formula is C25H22FN3O3S. The molecule has 1 fully saturated rings. The fourth-order valence-corrected chi connectivity index (χ4v) is 4.47. The van der Waals surface area contributed by atoms with Crippen LogP contribution in [0.1, 0.15) is 12.0 Å². The van der Waals surface area contributed by atoms with E-state index in [0.717, 1.165) is 5.56 Å². The Morgan fingerprint density at radius 1 is 1.06 bits per heavy atom. The highest BCUT2D eigenvalue weighted by Gasteiger charge is 2.39. The number of thioether (sulfide) groups is 1. The average molecular weight is 464 g/mol. The zero-order valence-corrected chi connectivity index (χ0v) is 18.7. The molecule has 6 nitrogen and oxygen atoms in total. The van der Waals surface area contributed by atoms with Crippen LogP contribution < -0.4 is 10.1 Å². The van der Waals surface area contributed by atoms with Crippen molar-refractivity contribution in [3.63, 3.8) is 0 Å². The first-order chi connectivity index (χ1) is 16.0. The number of carbonyl (C=O) groups excluding carboxylic acids is 2. The first-order valence-corrected chi connectivity index (χ1v) is 11.2. The van der Waals surface area contributed by atoms with E-state index >= 15 is 0 Å². The number of ether oxygens (including phenoxy) is 1. The quantitative estimate of drug-likeness (QED) is 0.536. The molecule has 0 radical (unpaired) electrons. The number of carbonyl (C=O) groups is 2. The third-order valence-electron chi connectivity index (χ3n) is 5.00.